The van der Waals surface area contributed by atoms with Gasteiger partial charge in [0.2, 0.25) is 0 Å². The number of carbonyl (C=O) groups is 1. The van der Waals surface area contributed by atoms with Crippen LogP contribution in [0.5, 0.6) is 0 Å². The molecule has 0 saturated carbocycles. The first-order valence-corrected chi connectivity index (χ1v) is 7.15. The number of pyridine rings is 1. The molecule has 2 heterocycles. The van der Waals surface area contributed by atoms with Gasteiger partial charge < -0.3 is 5.32 Å². The Hall–Kier alpha value is -0.720. The van der Waals surface area contributed by atoms with Gasteiger partial charge in [-0.2, -0.15) is 0 Å². The minimum atomic E-state index is -0.115. The second kappa shape index (κ2) is 5.29. The average Bonchev–Trinajstić information content (AvgIpc) is 2.63. The van der Waals surface area contributed by atoms with E-state index in [1.54, 1.807) is 18.5 Å². The molecule has 0 radical (unpaired) electrons. The molecule has 88 valence electrons. The first-order chi connectivity index (χ1) is 8.08. The van der Waals surface area contributed by atoms with Gasteiger partial charge in [0.25, 0.3) is 5.91 Å². The third kappa shape index (κ3) is 2.94. The third-order valence-electron chi connectivity index (χ3n) is 2.10. The Balaban J connectivity index is 2.20. The van der Waals surface area contributed by atoms with Crippen LogP contribution >= 0.6 is 43.2 Å². The van der Waals surface area contributed by atoms with Gasteiger partial charge in [0.15, 0.2) is 0 Å². The molecule has 3 nitrogen and oxygen atoms in total. The number of nitrogens with zero attached hydrogens (tertiary/aromatic N) is 1. The van der Waals surface area contributed by atoms with Gasteiger partial charge in [0, 0.05) is 12.4 Å². The quantitative estimate of drug-likeness (QED) is 0.853. The maximum Gasteiger partial charge on any atom is 0.265 e. The summed E-state index contributed by atoms with van der Waals surface area (Å²) < 4.78 is 1.75. The highest BCUT2D eigenvalue weighted by molar-refractivity contribution is 9.11. The van der Waals surface area contributed by atoms with Crippen molar-refractivity contribution in [3.05, 3.63) is 43.2 Å². The van der Waals surface area contributed by atoms with E-state index in [4.69, 9.17) is 0 Å². The molecule has 6 heteroatoms. The van der Waals surface area contributed by atoms with Gasteiger partial charge in [-0.3, -0.25) is 9.78 Å². The number of hydrogen-bond acceptors (Lipinski definition) is 3. The molecule has 0 aliphatic carbocycles. The van der Waals surface area contributed by atoms with E-state index in [0.717, 1.165) is 13.8 Å². The van der Waals surface area contributed by atoms with Crippen molar-refractivity contribution in [3.8, 4) is 0 Å². The van der Waals surface area contributed by atoms with Crippen molar-refractivity contribution in [2.45, 2.75) is 6.92 Å². The summed E-state index contributed by atoms with van der Waals surface area (Å²) >= 11 is 8.16. The van der Waals surface area contributed by atoms with Gasteiger partial charge in [0.05, 0.1) is 18.8 Å². The first kappa shape index (κ1) is 12.7. The summed E-state index contributed by atoms with van der Waals surface area (Å²) in [6, 6.07) is 3.61. The number of thiophene rings is 1. The molecule has 0 atom stereocenters. The number of hydrogen-bond donors (Lipinski definition) is 1. The lowest BCUT2D eigenvalue weighted by Gasteiger charge is -2.04. The van der Waals surface area contributed by atoms with Crippen molar-refractivity contribution >= 4 is 54.8 Å². The number of carbonyl (C=O) groups excluding carboxylic acids is 1. The van der Waals surface area contributed by atoms with Crippen LogP contribution in [0.2, 0.25) is 0 Å². The molecule has 0 aromatic carbocycles. The van der Waals surface area contributed by atoms with Crippen LogP contribution in [-0.2, 0) is 0 Å². The Labute approximate surface area is 120 Å². The van der Waals surface area contributed by atoms with E-state index in [2.05, 4.69) is 42.2 Å². The van der Waals surface area contributed by atoms with Gasteiger partial charge in [-0.05, 0) is 56.5 Å². The minimum Gasteiger partial charge on any atom is -0.320 e. The number of rotatable bonds is 2. The lowest BCUT2D eigenvalue weighted by atomic mass is 10.3. The van der Waals surface area contributed by atoms with Crippen molar-refractivity contribution in [2.24, 2.45) is 0 Å². The second-order valence-corrected chi connectivity index (χ2v) is 6.60. The van der Waals surface area contributed by atoms with Crippen LogP contribution in [-0.4, -0.2) is 10.9 Å². The van der Waals surface area contributed by atoms with Gasteiger partial charge in [-0.25, -0.2) is 0 Å². The summed E-state index contributed by atoms with van der Waals surface area (Å²) in [5, 5.41) is 2.83. The summed E-state index contributed by atoms with van der Waals surface area (Å²) in [6.07, 6.45) is 3.28. The zero-order valence-corrected chi connectivity index (χ0v) is 12.8. The summed E-state index contributed by atoms with van der Waals surface area (Å²) in [6.45, 7) is 1.96. The average molecular weight is 376 g/mol. The molecular formula is C11H8Br2N2OS. The second-order valence-electron chi connectivity index (χ2n) is 3.38. The highest BCUT2D eigenvalue weighted by Crippen LogP contribution is 2.28. The van der Waals surface area contributed by atoms with Gasteiger partial charge >= 0.3 is 0 Å². The van der Waals surface area contributed by atoms with Crippen molar-refractivity contribution in [1.82, 2.24) is 4.98 Å². The Morgan fingerprint density at radius 1 is 1.47 bits per heavy atom. The SMILES string of the molecule is Cc1cc(C(=O)Nc2ccncc2Br)sc1Br. The fraction of sp³-hybridized carbons (Fsp3) is 0.0909. The highest BCUT2D eigenvalue weighted by Gasteiger charge is 2.12. The summed E-state index contributed by atoms with van der Waals surface area (Å²) in [5.74, 6) is -0.115. The lowest BCUT2D eigenvalue weighted by molar-refractivity contribution is 0.103. The molecule has 0 saturated heterocycles. The first-order valence-electron chi connectivity index (χ1n) is 4.74. The van der Waals surface area contributed by atoms with E-state index < -0.39 is 0 Å². The van der Waals surface area contributed by atoms with Crippen molar-refractivity contribution in [2.75, 3.05) is 5.32 Å². The number of anilines is 1. The Bertz CT molecular complexity index is 549. The largest absolute Gasteiger partial charge is 0.320 e. The fourth-order valence-corrected chi connectivity index (χ4v) is 3.01. The maximum absolute atomic E-state index is 12.0. The monoisotopic (exact) mass is 374 g/mol. The van der Waals surface area contributed by atoms with Gasteiger partial charge in [0.1, 0.15) is 0 Å². The fourth-order valence-electron chi connectivity index (χ4n) is 1.23. The summed E-state index contributed by atoms with van der Waals surface area (Å²) in [5.41, 5.74) is 1.78. The van der Waals surface area contributed by atoms with Crippen LogP contribution in [0.4, 0.5) is 5.69 Å². The molecule has 17 heavy (non-hydrogen) atoms. The molecule has 0 spiro atoms. The molecule has 0 fully saturated rings. The number of halogens is 2. The Kier molecular flexibility index (Phi) is 3.96. The van der Waals surface area contributed by atoms with E-state index in [1.165, 1.54) is 11.3 Å². The van der Waals surface area contributed by atoms with Crippen LogP contribution in [0.1, 0.15) is 15.2 Å². The topological polar surface area (TPSA) is 42.0 Å². The normalized spacial score (nSPS) is 10.3. The maximum atomic E-state index is 12.0. The molecular weight excluding hydrogens is 368 g/mol. The zero-order chi connectivity index (χ0) is 12.4. The molecule has 1 N–H and O–H groups in total. The van der Waals surface area contributed by atoms with Crippen molar-refractivity contribution in [1.29, 1.82) is 0 Å². The molecule has 2 rings (SSSR count). The third-order valence-corrected chi connectivity index (χ3v) is 4.87. The van der Waals surface area contributed by atoms with Crippen LogP contribution in [0.25, 0.3) is 0 Å². The lowest BCUT2D eigenvalue weighted by Crippen LogP contribution is -2.10. The van der Waals surface area contributed by atoms with Crippen molar-refractivity contribution < 1.29 is 4.79 Å². The summed E-state index contributed by atoms with van der Waals surface area (Å²) in [7, 11) is 0. The van der Waals surface area contributed by atoms with Crippen molar-refractivity contribution in [3.63, 3.8) is 0 Å². The number of amides is 1. The predicted molar refractivity (Wildman–Crippen MR) is 76.6 cm³/mol. The van der Waals surface area contributed by atoms with Crippen LogP contribution in [0.3, 0.4) is 0 Å². The van der Waals surface area contributed by atoms with E-state index >= 15 is 0 Å². The van der Waals surface area contributed by atoms with Crippen LogP contribution < -0.4 is 5.32 Å². The van der Waals surface area contributed by atoms with Gasteiger partial charge in [-0.15, -0.1) is 11.3 Å². The Morgan fingerprint density at radius 2 is 2.24 bits per heavy atom. The van der Waals surface area contributed by atoms with E-state index in [9.17, 15) is 4.79 Å². The van der Waals surface area contributed by atoms with Crippen LogP contribution in [0, 0.1) is 6.92 Å². The highest BCUT2D eigenvalue weighted by atomic mass is 79.9. The smallest absolute Gasteiger partial charge is 0.265 e. The predicted octanol–water partition coefficient (Wildman–Crippen LogP) is 4.23. The van der Waals surface area contributed by atoms with E-state index in [0.29, 0.717) is 10.6 Å². The number of aryl methyl sites for hydroxylation is 1. The molecule has 2 aromatic heterocycles. The molecule has 0 unspecified atom stereocenters. The zero-order valence-electron chi connectivity index (χ0n) is 8.83. The van der Waals surface area contributed by atoms with E-state index in [-0.39, 0.29) is 5.91 Å². The molecule has 0 bridgehead atoms. The standard InChI is InChI=1S/C11H8Br2N2OS/c1-6-4-9(17-10(6)13)11(16)15-8-2-3-14-5-7(8)12/h2-5H,1H3,(H,14,15,16). The number of nitrogens with one attached hydrogen (secondary N) is 1. The molecule has 1 amide bonds. The minimum absolute atomic E-state index is 0.115. The molecule has 2 aromatic rings. The summed E-state index contributed by atoms with van der Waals surface area (Å²) in [4.78, 5) is 16.6. The molecule has 0 aliphatic heterocycles. The Morgan fingerprint density at radius 3 is 2.82 bits per heavy atom. The van der Waals surface area contributed by atoms with Gasteiger partial charge in [-0.1, -0.05) is 0 Å². The molecule has 0 aliphatic rings. The van der Waals surface area contributed by atoms with E-state index in [1.807, 2.05) is 13.0 Å². The number of aromatic nitrogens is 1. The van der Waals surface area contributed by atoms with Crippen LogP contribution in [0.15, 0.2) is 32.8 Å².